The van der Waals surface area contributed by atoms with Crippen molar-refractivity contribution in [3.8, 4) is 5.69 Å². The second kappa shape index (κ2) is 5.70. The zero-order valence-electron chi connectivity index (χ0n) is 13.7. The molecule has 0 radical (unpaired) electrons. The van der Waals surface area contributed by atoms with E-state index in [1.165, 1.54) is 21.7 Å². The highest BCUT2D eigenvalue weighted by atomic mass is 19.1. The van der Waals surface area contributed by atoms with Crippen molar-refractivity contribution in [3.05, 3.63) is 41.7 Å². The van der Waals surface area contributed by atoms with Crippen LogP contribution in [-0.2, 0) is 4.79 Å². The van der Waals surface area contributed by atoms with E-state index in [4.69, 9.17) is 0 Å². The first-order chi connectivity index (χ1) is 11.3. The highest BCUT2D eigenvalue weighted by Gasteiger charge is 2.52. The molecule has 1 heterocycles. The summed E-state index contributed by atoms with van der Waals surface area (Å²) in [4.78, 5) is 30.2. The molecule has 1 N–H and O–H groups in total. The van der Waals surface area contributed by atoms with Gasteiger partial charge in [-0.05, 0) is 44.0 Å². The zero-order valence-corrected chi connectivity index (χ0v) is 13.7. The highest BCUT2D eigenvalue weighted by molar-refractivity contribution is 5.98. The van der Waals surface area contributed by atoms with Crippen molar-refractivity contribution < 1.29 is 14.0 Å². The maximum atomic E-state index is 13.0. The van der Waals surface area contributed by atoms with Gasteiger partial charge in [-0.3, -0.25) is 9.59 Å². The van der Waals surface area contributed by atoms with Crippen LogP contribution in [0.5, 0.6) is 0 Å². The molecule has 2 amide bonds. The number of hydrogen-bond donors (Lipinski definition) is 1. The first kappa shape index (κ1) is 16.1. The van der Waals surface area contributed by atoms with Gasteiger partial charge in [0.05, 0.1) is 5.69 Å². The van der Waals surface area contributed by atoms with Gasteiger partial charge in [-0.2, -0.15) is 0 Å². The van der Waals surface area contributed by atoms with Gasteiger partial charge in [0, 0.05) is 14.1 Å². The Morgan fingerprint density at radius 2 is 1.88 bits per heavy atom. The number of likely N-dealkylation sites (N-methyl/N-ethyl adjacent to an activating group) is 1. The van der Waals surface area contributed by atoms with Crippen molar-refractivity contribution in [2.45, 2.75) is 25.3 Å². The summed E-state index contributed by atoms with van der Waals surface area (Å²) in [5.41, 5.74) is -0.235. The molecule has 1 aliphatic rings. The Morgan fingerprint density at radius 3 is 2.42 bits per heavy atom. The summed E-state index contributed by atoms with van der Waals surface area (Å²) >= 11 is 0. The van der Waals surface area contributed by atoms with Gasteiger partial charge < -0.3 is 10.2 Å². The second-order valence-corrected chi connectivity index (χ2v) is 6.11. The van der Waals surface area contributed by atoms with Crippen molar-refractivity contribution in [3.63, 3.8) is 0 Å². The monoisotopic (exact) mass is 331 g/mol. The maximum Gasteiger partial charge on any atom is 0.291 e. The Labute approximate surface area is 138 Å². The smallest absolute Gasteiger partial charge is 0.291 e. The number of carbonyl (C=O) groups excluding carboxylic acids is 2. The first-order valence-electron chi connectivity index (χ1n) is 7.56. The molecule has 0 spiro atoms. The standard InChI is InChI=1S/C16H18FN5O2/c1-10-18-13(20-22(10)12-6-4-11(17)5-7-12)14(23)19-16(8-9-16)15(24)21(2)3/h4-7H,8-9H2,1-3H3,(H,19,23). The van der Waals surface area contributed by atoms with Gasteiger partial charge in [0.25, 0.3) is 5.91 Å². The van der Waals surface area contributed by atoms with E-state index in [0.717, 1.165) is 0 Å². The van der Waals surface area contributed by atoms with Crippen LogP contribution < -0.4 is 5.32 Å². The Morgan fingerprint density at radius 1 is 1.25 bits per heavy atom. The molecule has 1 aromatic heterocycles. The average molecular weight is 331 g/mol. The molecule has 126 valence electrons. The number of rotatable bonds is 4. The molecule has 0 bridgehead atoms. The first-order valence-corrected chi connectivity index (χ1v) is 7.56. The van der Waals surface area contributed by atoms with Gasteiger partial charge in [0.1, 0.15) is 17.2 Å². The van der Waals surface area contributed by atoms with Crippen LogP contribution in [0.25, 0.3) is 5.69 Å². The quantitative estimate of drug-likeness (QED) is 0.909. The number of hydrogen-bond acceptors (Lipinski definition) is 4. The Balaban J connectivity index is 1.81. The number of benzene rings is 1. The van der Waals surface area contributed by atoms with Gasteiger partial charge in [-0.25, -0.2) is 14.1 Å². The molecule has 1 fully saturated rings. The molecular weight excluding hydrogens is 313 g/mol. The lowest BCUT2D eigenvalue weighted by Crippen LogP contribution is -2.48. The topological polar surface area (TPSA) is 80.1 Å². The van der Waals surface area contributed by atoms with Gasteiger partial charge >= 0.3 is 0 Å². The summed E-state index contributed by atoms with van der Waals surface area (Å²) in [5.74, 6) is -0.505. The van der Waals surface area contributed by atoms with Gasteiger partial charge in [0.15, 0.2) is 0 Å². The fraction of sp³-hybridized carbons (Fsp3) is 0.375. The number of nitrogens with zero attached hydrogens (tertiary/aromatic N) is 4. The third-order valence-electron chi connectivity index (χ3n) is 3.96. The van der Waals surface area contributed by atoms with Crippen LogP contribution in [0.4, 0.5) is 4.39 Å². The Bertz CT molecular complexity index is 793. The number of aromatic nitrogens is 3. The van der Waals surface area contributed by atoms with E-state index in [0.29, 0.717) is 24.4 Å². The number of halogens is 1. The fourth-order valence-electron chi connectivity index (χ4n) is 2.53. The average Bonchev–Trinajstić information content (AvgIpc) is 3.21. The van der Waals surface area contributed by atoms with Crippen LogP contribution in [0.1, 0.15) is 29.3 Å². The van der Waals surface area contributed by atoms with Crippen molar-refractivity contribution in [1.82, 2.24) is 25.0 Å². The van der Waals surface area contributed by atoms with Crippen molar-refractivity contribution >= 4 is 11.8 Å². The van der Waals surface area contributed by atoms with Crippen LogP contribution >= 0.6 is 0 Å². The normalized spacial score (nSPS) is 15.0. The molecule has 0 unspecified atom stereocenters. The summed E-state index contributed by atoms with van der Waals surface area (Å²) in [6.45, 7) is 1.70. The molecule has 7 nitrogen and oxygen atoms in total. The molecule has 0 atom stereocenters. The van der Waals surface area contributed by atoms with E-state index in [9.17, 15) is 14.0 Å². The third-order valence-corrected chi connectivity index (χ3v) is 3.96. The summed E-state index contributed by atoms with van der Waals surface area (Å²) in [6, 6.07) is 5.73. The molecule has 1 aliphatic carbocycles. The van der Waals surface area contributed by atoms with Crippen LogP contribution in [0.15, 0.2) is 24.3 Å². The minimum Gasteiger partial charge on any atom is -0.347 e. The fourth-order valence-corrected chi connectivity index (χ4v) is 2.53. The van der Waals surface area contributed by atoms with E-state index in [1.807, 2.05) is 0 Å². The SMILES string of the molecule is Cc1nc(C(=O)NC2(C(=O)N(C)C)CC2)nn1-c1ccc(F)cc1. The molecule has 1 aromatic carbocycles. The van der Waals surface area contributed by atoms with Gasteiger partial charge in [0.2, 0.25) is 11.7 Å². The zero-order chi connectivity index (χ0) is 17.5. The molecule has 0 aliphatic heterocycles. The summed E-state index contributed by atoms with van der Waals surface area (Å²) < 4.78 is 14.5. The van der Waals surface area contributed by atoms with Crippen LogP contribution in [0.2, 0.25) is 0 Å². The van der Waals surface area contributed by atoms with E-state index in [2.05, 4.69) is 15.4 Å². The molecule has 3 rings (SSSR count). The van der Waals surface area contributed by atoms with E-state index < -0.39 is 11.4 Å². The molecular formula is C16H18FN5O2. The van der Waals surface area contributed by atoms with Crippen LogP contribution in [0.3, 0.4) is 0 Å². The molecule has 0 saturated heterocycles. The summed E-state index contributed by atoms with van der Waals surface area (Å²) in [6.07, 6.45) is 1.21. The minimum absolute atomic E-state index is 0.0188. The van der Waals surface area contributed by atoms with Crippen molar-refractivity contribution in [2.24, 2.45) is 0 Å². The Hall–Kier alpha value is -2.77. The molecule has 24 heavy (non-hydrogen) atoms. The van der Waals surface area contributed by atoms with Gasteiger partial charge in [-0.15, -0.1) is 5.10 Å². The largest absolute Gasteiger partial charge is 0.347 e. The molecule has 8 heteroatoms. The maximum absolute atomic E-state index is 13.0. The molecule has 1 saturated carbocycles. The van der Waals surface area contributed by atoms with Crippen molar-refractivity contribution in [2.75, 3.05) is 14.1 Å². The van der Waals surface area contributed by atoms with Crippen LogP contribution in [-0.4, -0.2) is 51.1 Å². The van der Waals surface area contributed by atoms with E-state index in [-0.39, 0.29) is 17.5 Å². The van der Waals surface area contributed by atoms with Crippen molar-refractivity contribution in [1.29, 1.82) is 0 Å². The van der Waals surface area contributed by atoms with Gasteiger partial charge in [-0.1, -0.05) is 0 Å². The van der Waals surface area contributed by atoms with Crippen LogP contribution in [0, 0.1) is 12.7 Å². The number of amides is 2. The van der Waals surface area contributed by atoms with E-state index >= 15 is 0 Å². The summed E-state index contributed by atoms with van der Waals surface area (Å²) in [7, 11) is 3.31. The highest BCUT2D eigenvalue weighted by Crippen LogP contribution is 2.37. The predicted molar refractivity (Wildman–Crippen MR) is 84.2 cm³/mol. The predicted octanol–water partition coefficient (Wildman–Crippen LogP) is 1.07. The lowest BCUT2D eigenvalue weighted by atomic mass is 10.2. The minimum atomic E-state index is -0.837. The third kappa shape index (κ3) is 2.86. The lowest BCUT2D eigenvalue weighted by Gasteiger charge is -2.20. The number of nitrogens with one attached hydrogen (secondary N) is 1. The Kier molecular flexibility index (Phi) is 3.82. The number of aryl methyl sites for hydroxylation is 1. The number of carbonyl (C=O) groups is 2. The lowest BCUT2D eigenvalue weighted by molar-refractivity contribution is -0.131. The molecule has 2 aromatic rings. The van der Waals surface area contributed by atoms with E-state index in [1.54, 1.807) is 33.2 Å². The summed E-state index contributed by atoms with van der Waals surface area (Å²) in [5, 5.41) is 6.91. The second-order valence-electron chi connectivity index (χ2n) is 6.11.